The fourth-order valence-electron chi connectivity index (χ4n) is 3.00. The third-order valence-corrected chi connectivity index (χ3v) is 4.22. The molecule has 1 aliphatic rings. The van der Waals surface area contributed by atoms with Crippen molar-refractivity contribution in [1.29, 1.82) is 0 Å². The Labute approximate surface area is 139 Å². The maximum absolute atomic E-state index is 12.4. The molecule has 3 aromatic rings. The predicted molar refractivity (Wildman–Crippen MR) is 92.4 cm³/mol. The van der Waals surface area contributed by atoms with E-state index < -0.39 is 0 Å². The van der Waals surface area contributed by atoms with E-state index >= 15 is 0 Å². The van der Waals surface area contributed by atoms with Crippen molar-refractivity contribution < 1.29 is 4.74 Å². The van der Waals surface area contributed by atoms with Crippen molar-refractivity contribution >= 4 is 16.6 Å². The Balaban J connectivity index is 1.60. The number of H-pyrrole nitrogens is 1. The largest absolute Gasteiger partial charge is 0.484 e. The van der Waals surface area contributed by atoms with Gasteiger partial charge < -0.3 is 14.6 Å². The summed E-state index contributed by atoms with van der Waals surface area (Å²) in [5.41, 5.74) is 1.64. The second-order valence-electron chi connectivity index (χ2n) is 5.89. The highest BCUT2D eigenvalue weighted by atomic mass is 16.5. The van der Waals surface area contributed by atoms with Crippen molar-refractivity contribution in [3.05, 3.63) is 58.9 Å². The Morgan fingerprint density at radius 1 is 1.21 bits per heavy atom. The van der Waals surface area contributed by atoms with E-state index in [1.807, 2.05) is 24.3 Å². The van der Waals surface area contributed by atoms with Crippen LogP contribution in [0.2, 0.25) is 0 Å². The van der Waals surface area contributed by atoms with Crippen molar-refractivity contribution in [2.75, 3.05) is 18.0 Å². The Kier molecular flexibility index (Phi) is 3.86. The first kappa shape index (κ1) is 14.7. The molecule has 0 unspecified atom stereocenters. The molecule has 0 atom stereocenters. The molecular weight excluding hydrogens is 304 g/mol. The summed E-state index contributed by atoms with van der Waals surface area (Å²) in [5.74, 6) is 1.15. The van der Waals surface area contributed by atoms with Gasteiger partial charge in [-0.2, -0.15) is 0 Å². The van der Waals surface area contributed by atoms with E-state index in [1.54, 1.807) is 18.5 Å². The predicted octanol–water partition coefficient (Wildman–Crippen LogP) is 2.50. The zero-order valence-electron chi connectivity index (χ0n) is 13.2. The highest BCUT2D eigenvalue weighted by Crippen LogP contribution is 2.22. The molecule has 0 radical (unpaired) electrons. The Bertz CT molecular complexity index is 902. The number of ether oxygens (including phenoxy) is 1. The zero-order valence-corrected chi connectivity index (χ0v) is 13.2. The highest BCUT2D eigenvalue weighted by Gasteiger charge is 2.14. The molecule has 0 saturated carbocycles. The van der Waals surface area contributed by atoms with E-state index in [4.69, 9.17) is 4.74 Å². The quantitative estimate of drug-likeness (QED) is 0.799. The summed E-state index contributed by atoms with van der Waals surface area (Å²) in [6, 6.07) is 9.48. The molecular formula is C18H18N4O2. The van der Waals surface area contributed by atoms with Gasteiger partial charge in [-0.25, -0.2) is 4.98 Å². The molecule has 1 N–H and O–H groups in total. The van der Waals surface area contributed by atoms with Crippen LogP contribution in [0.1, 0.15) is 18.7 Å². The SMILES string of the molecule is O=c1[nH]c(COc2cccnc2)nc2ccc(N3CCCC3)cc12. The molecule has 6 nitrogen and oxygen atoms in total. The maximum Gasteiger partial charge on any atom is 0.258 e. The summed E-state index contributed by atoms with van der Waals surface area (Å²) in [4.78, 5) is 26.0. The third kappa shape index (κ3) is 2.95. The minimum atomic E-state index is -0.133. The smallest absolute Gasteiger partial charge is 0.258 e. The fraction of sp³-hybridized carbons (Fsp3) is 0.278. The van der Waals surface area contributed by atoms with E-state index in [0.717, 1.165) is 18.8 Å². The van der Waals surface area contributed by atoms with E-state index in [0.29, 0.717) is 22.5 Å². The third-order valence-electron chi connectivity index (χ3n) is 4.22. The molecule has 0 spiro atoms. The lowest BCUT2D eigenvalue weighted by molar-refractivity contribution is 0.295. The van der Waals surface area contributed by atoms with Crippen molar-refractivity contribution in [1.82, 2.24) is 15.0 Å². The van der Waals surface area contributed by atoms with Crippen LogP contribution < -0.4 is 15.2 Å². The van der Waals surface area contributed by atoms with Crippen LogP contribution in [0.4, 0.5) is 5.69 Å². The van der Waals surface area contributed by atoms with Crippen LogP contribution in [0, 0.1) is 0 Å². The van der Waals surface area contributed by atoms with Crippen LogP contribution in [-0.4, -0.2) is 28.0 Å². The number of nitrogens with zero attached hydrogens (tertiary/aromatic N) is 3. The van der Waals surface area contributed by atoms with Crippen molar-refractivity contribution in [2.45, 2.75) is 19.4 Å². The molecule has 24 heavy (non-hydrogen) atoms. The molecule has 1 fully saturated rings. The summed E-state index contributed by atoms with van der Waals surface area (Å²) >= 11 is 0. The van der Waals surface area contributed by atoms with Crippen LogP contribution in [-0.2, 0) is 6.61 Å². The molecule has 1 aromatic carbocycles. The number of fused-ring (bicyclic) bond motifs is 1. The van der Waals surface area contributed by atoms with Crippen LogP contribution in [0.15, 0.2) is 47.5 Å². The number of hydrogen-bond donors (Lipinski definition) is 1. The molecule has 0 aliphatic carbocycles. The van der Waals surface area contributed by atoms with Crippen LogP contribution >= 0.6 is 0 Å². The van der Waals surface area contributed by atoms with Gasteiger partial charge in [-0.15, -0.1) is 0 Å². The van der Waals surface area contributed by atoms with E-state index in [1.165, 1.54) is 12.8 Å². The Hall–Kier alpha value is -2.89. The van der Waals surface area contributed by atoms with Gasteiger partial charge in [0.25, 0.3) is 5.56 Å². The number of anilines is 1. The first-order valence-electron chi connectivity index (χ1n) is 8.10. The average molecular weight is 322 g/mol. The lowest BCUT2D eigenvalue weighted by atomic mass is 10.2. The second-order valence-corrected chi connectivity index (χ2v) is 5.89. The average Bonchev–Trinajstić information content (AvgIpc) is 3.15. The van der Waals surface area contributed by atoms with Crippen molar-refractivity contribution in [2.24, 2.45) is 0 Å². The minimum absolute atomic E-state index is 0.133. The van der Waals surface area contributed by atoms with Gasteiger partial charge in [-0.3, -0.25) is 9.78 Å². The zero-order chi connectivity index (χ0) is 16.4. The number of aromatic amines is 1. The van der Waals surface area contributed by atoms with Gasteiger partial charge >= 0.3 is 0 Å². The first-order valence-corrected chi connectivity index (χ1v) is 8.10. The molecule has 6 heteroatoms. The summed E-state index contributed by atoms with van der Waals surface area (Å²) in [6.45, 7) is 2.30. The topological polar surface area (TPSA) is 71.1 Å². The molecule has 0 bridgehead atoms. The van der Waals surface area contributed by atoms with Crippen LogP contribution in [0.5, 0.6) is 5.75 Å². The highest BCUT2D eigenvalue weighted by molar-refractivity contribution is 5.81. The molecule has 0 amide bonds. The summed E-state index contributed by atoms with van der Waals surface area (Å²) in [6.07, 6.45) is 5.72. The molecule has 122 valence electrons. The summed E-state index contributed by atoms with van der Waals surface area (Å²) in [7, 11) is 0. The summed E-state index contributed by atoms with van der Waals surface area (Å²) in [5, 5.41) is 0.615. The maximum atomic E-state index is 12.4. The number of benzene rings is 1. The van der Waals surface area contributed by atoms with Crippen molar-refractivity contribution in [3.8, 4) is 5.75 Å². The van der Waals surface area contributed by atoms with Gasteiger partial charge in [0.15, 0.2) is 0 Å². The summed E-state index contributed by atoms with van der Waals surface area (Å²) < 4.78 is 5.60. The molecule has 4 rings (SSSR count). The number of hydrogen-bond acceptors (Lipinski definition) is 5. The van der Waals surface area contributed by atoms with Gasteiger partial charge in [0.05, 0.1) is 17.1 Å². The number of aromatic nitrogens is 3. The van der Waals surface area contributed by atoms with E-state index in [2.05, 4.69) is 19.9 Å². The molecule has 3 heterocycles. The van der Waals surface area contributed by atoms with E-state index in [9.17, 15) is 4.79 Å². The standard InChI is InChI=1S/C18H18N4O2/c23-18-15-10-13(22-8-1-2-9-22)5-6-16(15)20-17(21-18)12-24-14-4-3-7-19-11-14/h3-7,10-11H,1-2,8-9,12H2,(H,20,21,23). The van der Waals surface area contributed by atoms with Gasteiger partial charge in [-0.05, 0) is 43.2 Å². The number of nitrogens with one attached hydrogen (secondary N) is 1. The molecule has 2 aromatic heterocycles. The molecule has 1 aliphatic heterocycles. The number of rotatable bonds is 4. The second kappa shape index (κ2) is 6.31. The van der Waals surface area contributed by atoms with Gasteiger partial charge in [0.1, 0.15) is 18.2 Å². The van der Waals surface area contributed by atoms with Gasteiger partial charge in [0.2, 0.25) is 0 Å². The number of pyridine rings is 1. The fourth-order valence-corrected chi connectivity index (χ4v) is 3.00. The van der Waals surface area contributed by atoms with Gasteiger partial charge in [0, 0.05) is 25.0 Å². The molecule has 1 saturated heterocycles. The normalized spacial score (nSPS) is 14.2. The van der Waals surface area contributed by atoms with Crippen LogP contribution in [0.25, 0.3) is 10.9 Å². The van der Waals surface area contributed by atoms with Crippen molar-refractivity contribution in [3.63, 3.8) is 0 Å². The minimum Gasteiger partial charge on any atom is -0.484 e. The van der Waals surface area contributed by atoms with E-state index in [-0.39, 0.29) is 12.2 Å². The van der Waals surface area contributed by atoms with Crippen LogP contribution in [0.3, 0.4) is 0 Å². The lowest BCUT2D eigenvalue weighted by Gasteiger charge is -2.17. The lowest BCUT2D eigenvalue weighted by Crippen LogP contribution is -2.19. The Morgan fingerprint density at radius 3 is 2.88 bits per heavy atom. The monoisotopic (exact) mass is 322 g/mol. The van der Waals surface area contributed by atoms with Gasteiger partial charge in [-0.1, -0.05) is 0 Å². The Morgan fingerprint density at radius 2 is 2.08 bits per heavy atom. The first-order chi connectivity index (χ1) is 11.8.